The molecule has 0 bridgehead atoms. The smallest absolute Gasteiger partial charge is 0.273 e. The normalized spacial score (nSPS) is 24.5. The highest BCUT2D eigenvalue weighted by molar-refractivity contribution is 7.88. The van der Waals surface area contributed by atoms with Crippen molar-refractivity contribution in [1.29, 1.82) is 0 Å². The molecule has 9 nitrogen and oxygen atoms in total. The predicted octanol–water partition coefficient (Wildman–Crippen LogP) is -2.29. The minimum Gasteiger partial charge on any atom is -1.00 e. The second-order valence-electron chi connectivity index (χ2n) is 10.4. The minimum atomic E-state index is -3.69. The van der Waals surface area contributed by atoms with E-state index in [0.717, 1.165) is 48.3 Å². The van der Waals surface area contributed by atoms with E-state index in [9.17, 15) is 18.0 Å². The molecule has 1 N–H and O–H groups in total. The second kappa shape index (κ2) is 10.9. The van der Waals surface area contributed by atoms with Gasteiger partial charge in [0.1, 0.15) is 17.2 Å². The van der Waals surface area contributed by atoms with E-state index in [1.165, 1.54) is 21.9 Å². The van der Waals surface area contributed by atoms with Gasteiger partial charge in [-0.25, -0.2) is 17.7 Å². The molecule has 3 saturated heterocycles. The summed E-state index contributed by atoms with van der Waals surface area (Å²) < 4.78 is 25.8. The Balaban J connectivity index is 0.00000320. The number of fused-ring (bicyclic) bond motifs is 1. The Morgan fingerprint density at radius 2 is 1.84 bits per heavy atom. The summed E-state index contributed by atoms with van der Waals surface area (Å²) in [7, 11) is -3.69. The van der Waals surface area contributed by atoms with Gasteiger partial charge in [-0.15, -0.1) is 11.3 Å². The fourth-order valence-corrected chi connectivity index (χ4v) is 8.03. The number of anilines is 1. The van der Waals surface area contributed by atoms with Crippen LogP contribution >= 0.6 is 11.3 Å². The number of likely N-dealkylation sites (tertiary alicyclic amines) is 1. The number of amides is 2. The van der Waals surface area contributed by atoms with E-state index in [1.54, 1.807) is 10.3 Å². The largest absolute Gasteiger partial charge is 1.00 e. The molecule has 3 atom stereocenters. The average molecular weight is 568 g/mol. The van der Waals surface area contributed by atoms with Crippen molar-refractivity contribution >= 4 is 38.9 Å². The summed E-state index contributed by atoms with van der Waals surface area (Å²) in [5.41, 5.74) is 1.65. The lowest BCUT2D eigenvalue weighted by Gasteiger charge is -2.33. The maximum Gasteiger partial charge on any atom is 0.273 e. The molecule has 2 amide bonds. The highest BCUT2D eigenvalue weighted by atomic mass is 35.5. The molecule has 12 heteroatoms. The van der Waals surface area contributed by atoms with Crippen LogP contribution in [0.4, 0.5) is 5.69 Å². The number of sulfonamides is 1. The standard InChI is InChI=1S/C25H33N5O4S2.ClH/c1-17(2)22-23-20(30(25(22)32)36(3,33)34)9-10-29(23)24(31)19-16-35-21(26-19)15-27-11-13-28(14-12-27)18-7-5-4-6-8-18;/h4-8,16-17,20,22-23H,9-15H2,1-3H3;1H/t20-,22+,23-;/m0./s1. The number of nitrogens with zero attached hydrogens (tertiary/aromatic N) is 4. The molecule has 5 rings (SSSR count). The molecule has 0 unspecified atom stereocenters. The second-order valence-corrected chi connectivity index (χ2v) is 13.2. The highest BCUT2D eigenvalue weighted by Gasteiger charge is 2.58. The summed E-state index contributed by atoms with van der Waals surface area (Å²) in [4.78, 5) is 36.8. The molecule has 1 aromatic carbocycles. The number of hydrogen-bond acceptors (Lipinski definition) is 7. The maximum atomic E-state index is 13.5. The van der Waals surface area contributed by atoms with E-state index in [4.69, 9.17) is 0 Å². The van der Waals surface area contributed by atoms with Gasteiger partial charge in [0, 0.05) is 17.6 Å². The van der Waals surface area contributed by atoms with E-state index >= 15 is 0 Å². The Kier molecular flexibility index (Phi) is 8.18. The van der Waals surface area contributed by atoms with Gasteiger partial charge in [0.15, 0.2) is 0 Å². The Morgan fingerprint density at radius 1 is 1.16 bits per heavy atom. The van der Waals surface area contributed by atoms with Crippen molar-refractivity contribution in [3.05, 3.63) is 46.4 Å². The van der Waals surface area contributed by atoms with Crippen molar-refractivity contribution in [3.63, 3.8) is 0 Å². The molecule has 0 aliphatic carbocycles. The van der Waals surface area contributed by atoms with E-state index in [2.05, 4.69) is 34.1 Å². The van der Waals surface area contributed by atoms with Crippen LogP contribution in [0.25, 0.3) is 0 Å². The van der Waals surface area contributed by atoms with E-state index in [1.807, 2.05) is 19.9 Å². The monoisotopic (exact) mass is 567 g/mol. The topological polar surface area (TPSA) is 95.3 Å². The number of aromatic nitrogens is 1. The van der Waals surface area contributed by atoms with Crippen molar-refractivity contribution < 1.29 is 35.3 Å². The number of quaternary nitrogens is 1. The SMILES string of the molecule is CC(C)[C@H]1C(=O)N(S(C)(=O)=O)[C@H]2CCN(C(=O)c3csc(C[NH+]4CCN(c5ccccc5)CC4)n3)[C@H]12.[Cl-]. The number of halogens is 1. The lowest BCUT2D eigenvalue weighted by molar-refractivity contribution is -0.914. The number of carbonyl (C=O) groups excluding carboxylic acids is 2. The number of para-hydroxylation sites is 1. The van der Waals surface area contributed by atoms with Crippen molar-refractivity contribution in [2.45, 2.75) is 38.9 Å². The molecule has 3 aliphatic rings. The van der Waals surface area contributed by atoms with Crippen LogP contribution < -0.4 is 22.2 Å². The molecule has 0 spiro atoms. The fourth-order valence-electron chi connectivity index (χ4n) is 6.02. The van der Waals surface area contributed by atoms with Crippen molar-refractivity contribution in [2.24, 2.45) is 11.8 Å². The molecule has 37 heavy (non-hydrogen) atoms. The number of piperazine rings is 1. The third-order valence-electron chi connectivity index (χ3n) is 7.69. The fraction of sp³-hybridized carbons (Fsp3) is 0.560. The van der Waals surface area contributed by atoms with Gasteiger partial charge >= 0.3 is 0 Å². The first-order valence-electron chi connectivity index (χ1n) is 12.6. The van der Waals surface area contributed by atoms with Gasteiger partial charge in [-0.05, 0) is 24.5 Å². The molecule has 3 fully saturated rings. The third kappa shape index (κ3) is 5.36. The first kappa shape index (κ1) is 27.8. The zero-order chi connectivity index (χ0) is 25.6. The number of benzene rings is 1. The molecule has 2 aromatic rings. The van der Waals surface area contributed by atoms with Crippen LogP contribution in [0, 0.1) is 11.8 Å². The lowest BCUT2D eigenvalue weighted by Crippen LogP contribution is -3.13. The van der Waals surface area contributed by atoms with Crippen LogP contribution in [-0.2, 0) is 21.4 Å². The van der Waals surface area contributed by atoms with E-state index in [-0.39, 0.29) is 24.2 Å². The Labute approximate surface area is 228 Å². The Bertz CT molecular complexity index is 1230. The first-order valence-corrected chi connectivity index (χ1v) is 15.3. The maximum absolute atomic E-state index is 13.5. The van der Waals surface area contributed by atoms with Crippen LogP contribution in [0.5, 0.6) is 0 Å². The van der Waals surface area contributed by atoms with Gasteiger partial charge in [0.25, 0.3) is 5.91 Å². The number of hydrogen-bond donors (Lipinski definition) is 1. The first-order chi connectivity index (χ1) is 17.1. The summed E-state index contributed by atoms with van der Waals surface area (Å²) in [6.07, 6.45) is 1.54. The van der Waals surface area contributed by atoms with Crippen LogP contribution in [0.2, 0.25) is 0 Å². The van der Waals surface area contributed by atoms with Crippen molar-refractivity contribution in [1.82, 2.24) is 14.2 Å². The van der Waals surface area contributed by atoms with Crippen LogP contribution in [-0.4, -0.2) is 85.5 Å². The quantitative estimate of drug-likeness (QED) is 0.422. The van der Waals surface area contributed by atoms with Crippen molar-refractivity contribution in [3.8, 4) is 0 Å². The highest BCUT2D eigenvalue weighted by Crippen LogP contribution is 2.41. The third-order valence-corrected chi connectivity index (χ3v) is 9.71. The van der Waals surface area contributed by atoms with Gasteiger partial charge < -0.3 is 27.1 Å². The zero-order valence-electron chi connectivity index (χ0n) is 21.3. The molecule has 0 radical (unpaired) electrons. The van der Waals surface area contributed by atoms with Gasteiger partial charge in [-0.3, -0.25) is 9.59 Å². The molecular formula is C25H34ClN5O4S2. The van der Waals surface area contributed by atoms with Gasteiger partial charge in [0.05, 0.1) is 50.4 Å². The summed E-state index contributed by atoms with van der Waals surface area (Å²) in [5, 5.41) is 2.73. The van der Waals surface area contributed by atoms with Gasteiger partial charge in [0.2, 0.25) is 15.9 Å². The molecule has 1 aromatic heterocycles. The lowest BCUT2D eigenvalue weighted by atomic mass is 9.88. The number of thiazole rings is 1. The number of carbonyl (C=O) groups is 2. The Hall–Kier alpha value is -2.21. The number of rotatable bonds is 6. The number of nitrogens with one attached hydrogen (secondary N) is 1. The molecule has 4 heterocycles. The summed E-state index contributed by atoms with van der Waals surface area (Å²) in [6.45, 7) is 9.00. The zero-order valence-corrected chi connectivity index (χ0v) is 23.7. The van der Waals surface area contributed by atoms with E-state index in [0.29, 0.717) is 18.7 Å². The molecular weight excluding hydrogens is 534 g/mol. The van der Waals surface area contributed by atoms with Crippen LogP contribution in [0.3, 0.4) is 0 Å². The van der Waals surface area contributed by atoms with Gasteiger partial charge in [-0.1, -0.05) is 32.0 Å². The average Bonchev–Trinajstić information content (AvgIpc) is 3.53. The minimum absolute atomic E-state index is 0. The van der Waals surface area contributed by atoms with E-state index < -0.39 is 33.9 Å². The predicted molar refractivity (Wildman–Crippen MR) is 138 cm³/mol. The van der Waals surface area contributed by atoms with Crippen LogP contribution in [0.1, 0.15) is 35.8 Å². The van der Waals surface area contributed by atoms with Crippen LogP contribution in [0.15, 0.2) is 35.7 Å². The molecule has 202 valence electrons. The summed E-state index contributed by atoms with van der Waals surface area (Å²) in [6, 6.07) is 9.51. The van der Waals surface area contributed by atoms with Crippen molar-refractivity contribution in [2.75, 3.05) is 43.9 Å². The summed E-state index contributed by atoms with van der Waals surface area (Å²) >= 11 is 1.50. The molecule has 3 aliphatic heterocycles. The Morgan fingerprint density at radius 3 is 2.46 bits per heavy atom. The summed E-state index contributed by atoms with van der Waals surface area (Å²) in [5.74, 6) is -1.20. The van der Waals surface area contributed by atoms with Gasteiger partial charge in [-0.2, -0.15) is 0 Å². The molecule has 0 saturated carbocycles.